The average molecular weight is 204 g/mol. The fourth-order valence-electron chi connectivity index (χ4n) is 2.49. The van der Waals surface area contributed by atoms with Crippen LogP contribution in [0.25, 0.3) is 0 Å². The fraction of sp³-hybridized carbons (Fsp3) is 1.00. The topological polar surface area (TPSA) is 0 Å². The molecule has 0 unspecified atom stereocenters. The normalized spacial score (nSPS) is 27.9. The van der Waals surface area contributed by atoms with Crippen LogP contribution in [0.3, 0.4) is 0 Å². The standard InChI is InChI=1S/C12H22F2/c13-9-2-1-3-11-4-6-12(7-5-11)8-10-14/h11-12H,1-10H2. The van der Waals surface area contributed by atoms with Crippen LogP contribution in [0.2, 0.25) is 0 Å². The van der Waals surface area contributed by atoms with Gasteiger partial charge in [-0.2, -0.15) is 0 Å². The Morgan fingerprint density at radius 2 is 1.29 bits per heavy atom. The Kier molecular flexibility index (Phi) is 6.13. The summed E-state index contributed by atoms with van der Waals surface area (Å²) in [7, 11) is 0. The molecule has 0 atom stereocenters. The fourth-order valence-corrected chi connectivity index (χ4v) is 2.49. The van der Waals surface area contributed by atoms with Gasteiger partial charge < -0.3 is 0 Å². The zero-order chi connectivity index (χ0) is 10.2. The molecule has 0 saturated heterocycles. The molecule has 1 aliphatic carbocycles. The van der Waals surface area contributed by atoms with Crippen molar-refractivity contribution in [1.82, 2.24) is 0 Å². The van der Waals surface area contributed by atoms with Gasteiger partial charge in [-0.3, -0.25) is 8.78 Å². The summed E-state index contributed by atoms with van der Waals surface area (Å²) in [5.74, 6) is 1.44. The maximum atomic E-state index is 12.1. The second kappa shape index (κ2) is 7.19. The average Bonchev–Trinajstić information content (AvgIpc) is 2.21. The van der Waals surface area contributed by atoms with Crippen molar-refractivity contribution in [3.05, 3.63) is 0 Å². The summed E-state index contributed by atoms with van der Waals surface area (Å²) in [6.07, 6.45) is 8.60. The molecule has 0 aromatic carbocycles. The van der Waals surface area contributed by atoms with Gasteiger partial charge in [0.05, 0.1) is 13.3 Å². The van der Waals surface area contributed by atoms with Crippen LogP contribution in [0.1, 0.15) is 51.4 Å². The zero-order valence-corrected chi connectivity index (χ0v) is 8.98. The first kappa shape index (κ1) is 11.9. The number of unbranched alkanes of at least 4 members (excludes halogenated alkanes) is 1. The molecule has 14 heavy (non-hydrogen) atoms. The number of rotatable bonds is 6. The monoisotopic (exact) mass is 204 g/mol. The Hall–Kier alpha value is -0.140. The lowest BCUT2D eigenvalue weighted by Gasteiger charge is -2.27. The molecule has 0 bridgehead atoms. The van der Waals surface area contributed by atoms with Gasteiger partial charge in [-0.1, -0.05) is 38.5 Å². The van der Waals surface area contributed by atoms with Crippen LogP contribution in [0, 0.1) is 11.8 Å². The molecule has 0 nitrogen and oxygen atoms in total. The molecular formula is C12H22F2. The highest BCUT2D eigenvalue weighted by Gasteiger charge is 2.20. The molecule has 2 heteroatoms. The molecule has 0 radical (unpaired) electrons. The third-order valence-corrected chi connectivity index (χ3v) is 3.48. The SMILES string of the molecule is FCCCCC1CCC(CCF)CC1. The van der Waals surface area contributed by atoms with E-state index in [-0.39, 0.29) is 13.3 Å². The Morgan fingerprint density at radius 1 is 0.714 bits per heavy atom. The molecule has 1 fully saturated rings. The van der Waals surface area contributed by atoms with E-state index in [9.17, 15) is 8.78 Å². The van der Waals surface area contributed by atoms with Gasteiger partial charge in [0.15, 0.2) is 0 Å². The number of halogens is 2. The van der Waals surface area contributed by atoms with Gasteiger partial charge in [0.25, 0.3) is 0 Å². The maximum absolute atomic E-state index is 12.1. The van der Waals surface area contributed by atoms with E-state index >= 15 is 0 Å². The Morgan fingerprint density at radius 3 is 1.79 bits per heavy atom. The van der Waals surface area contributed by atoms with Crippen molar-refractivity contribution >= 4 is 0 Å². The van der Waals surface area contributed by atoms with E-state index in [0.29, 0.717) is 5.92 Å². The van der Waals surface area contributed by atoms with Crippen molar-refractivity contribution < 1.29 is 8.78 Å². The maximum Gasteiger partial charge on any atom is 0.0897 e. The van der Waals surface area contributed by atoms with Crippen LogP contribution in [0.5, 0.6) is 0 Å². The second-order valence-electron chi connectivity index (χ2n) is 4.55. The van der Waals surface area contributed by atoms with Crippen LogP contribution in [-0.2, 0) is 0 Å². The Balaban J connectivity index is 2.03. The van der Waals surface area contributed by atoms with Crippen LogP contribution in [0.4, 0.5) is 8.78 Å². The highest BCUT2D eigenvalue weighted by atomic mass is 19.1. The van der Waals surface area contributed by atoms with Gasteiger partial charge in [-0.05, 0) is 24.7 Å². The number of hydrogen-bond acceptors (Lipinski definition) is 0. The first-order valence-corrected chi connectivity index (χ1v) is 5.98. The third-order valence-electron chi connectivity index (χ3n) is 3.48. The largest absolute Gasteiger partial charge is 0.251 e. The summed E-state index contributed by atoms with van der Waals surface area (Å²) in [6, 6.07) is 0. The predicted octanol–water partition coefficient (Wildman–Crippen LogP) is 4.29. The summed E-state index contributed by atoms with van der Waals surface area (Å²) in [6.45, 7) is -0.325. The van der Waals surface area contributed by atoms with Crippen molar-refractivity contribution in [2.24, 2.45) is 11.8 Å². The number of alkyl halides is 2. The Labute approximate surface area is 86.1 Å². The molecule has 0 aliphatic heterocycles. The van der Waals surface area contributed by atoms with E-state index in [4.69, 9.17) is 0 Å². The van der Waals surface area contributed by atoms with Crippen LogP contribution in [0.15, 0.2) is 0 Å². The first-order valence-electron chi connectivity index (χ1n) is 5.98. The molecule has 0 aromatic rings. The first-order chi connectivity index (χ1) is 6.86. The lowest BCUT2D eigenvalue weighted by Crippen LogP contribution is -2.15. The van der Waals surface area contributed by atoms with E-state index in [1.54, 1.807) is 0 Å². The summed E-state index contributed by atoms with van der Waals surface area (Å²) < 4.78 is 23.9. The second-order valence-corrected chi connectivity index (χ2v) is 4.55. The summed E-state index contributed by atoms with van der Waals surface area (Å²) in [5.41, 5.74) is 0. The van der Waals surface area contributed by atoms with Crippen molar-refractivity contribution in [3.63, 3.8) is 0 Å². The minimum atomic E-state index is -0.169. The van der Waals surface area contributed by atoms with E-state index in [0.717, 1.165) is 25.2 Å². The van der Waals surface area contributed by atoms with Crippen molar-refractivity contribution in [2.75, 3.05) is 13.3 Å². The molecule has 0 spiro atoms. The highest BCUT2D eigenvalue weighted by molar-refractivity contribution is 4.72. The minimum Gasteiger partial charge on any atom is -0.251 e. The molecule has 1 rings (SSSR count). The molecule has 0 N–H and O–H groups in total. The molecule has 84 valence electrons. The van der Waals surface area contributed by atoms with Crippen LogP contribution < -0.4 is 0 Å². The van der Waals surface area contributed by atoms with Crippen molar-refractivity contribution in [1.29, 1.82) is 0 Å². The lowest BCUT2D eigenvalue weighted by molar-refractivity contribution is 0.234. The van der Waals surface area contributed by atoms with Crippen molar-refractivity contribution in [2.45, 2.75) is 51.4 Å². The summed E-state index contributed by atoms with van der Waals surface area (Å²) in [5, 5.41) is 0. The summed E-state index contributed by atoms with van der Waals surface area (Å²) in [4.78, 5) is 0. The number of hydrogen-bond donors (Lipinski definition) is 0. The van der Waals surface area contributed by atoms with Gasteiger partial charge in [0, 0.05) is 0 Å². The smallest absolute Gasteiger partial charge is 0.0897 e. The van der Waals surface area contributed by atoms with Crippen LogP contribution >= 0.6 is 0 Å². The van der Waals surface area contributed by atoms with Gasteiger partial charge in [-0.15, -0.1) is 0 Å². The van der Waals surface area contributed by atoms with E-state index < -0.39 is 0 Å². The third kappa shape index (κ3) is 4.39. The molecule has 1 aliphatic rings. The zero-order valence-electron chi connectivity index (χ0n) is 8.98. The minimum absolute atomic E-state index is 0.156. The van der Waals surface area contributed by atoms with E-state index in [1.807, 2.05) is 0 Å². The molecule has 0 amide bonds. The molecule has 0 heterocycles. The predicted molar refractivity (Wildman–Crippen MR) is 55.9 cm³/mol. The summed E-state index contributed by atoms with van der Waals surface area (Å²) >= 11 is 0. The lowest BCUT2D eigenvalue weighted by atomic mass is 9.79. The highest BCUT2D eigenvalue weighted by Crippen LogP contribution is 2.33. The van der Waals surface area contributed by atoms with E-state index in [1.165, 1.54) is 32.1 Å². The molecule has 1 saturated carbocycles. The van der Waals surface area contributed by atoms with Gasteiger partial charge in [0.2, 0.25) is 0 Å². The Bertz CT molecular complexity index is 128. The van der Waals surface area contributed by atoms with Gasteiger partial charge >= 0.3 is 0 Å². The van der Waals surface area contributed by atoms with Gasteiger partial charge in [-0.25, -0.2) is 0 Å². The quantitative estimate of drug-likeness (QED) is 0.566. The van der Waals surface area contributed by atoms with Gasteiger partial charge in [0.1, 0.15) is 0 Å². The van der Waals surface area contributed by atoms with E-state index in [2.05, 4.69) is 0 Å². The van der Waals surface area contributed by atoms with Crippen LogP contribution in [-0.4, -0.2) is 13.3 Å². The molecule has 0 aromatic heterocycles. The van der Waals surface area contributed by atoms with Crippen molar-refractivity contribution in [3.8, 4) is 0 Å². The molecular weight excluding hydrogens is 182 g/mol.